The molecule has 0 spiro atoms. The highest BCUT2D eigenvalue weighted by Crippen LogP contribution is 2.08. The van der Waals surface area contributed by atoms with Crippen LogP contribution in [0.4, 0.5) is 0 Å². The highest BCUT2D eigenvalue weighted by molar-refractivity contribution is 5.80. The van der Waals surface area contributed by atoms with Crippen molar-refractivity contribution in [2.45, 2.75) is 26.4 Å². The lowest BCUT2D eigenvalue weighted by Crippen LogP contribution is -2.44. The van der Waals surface area contributed by atoms with Crippen molar-refractivity contribution in [3.05, 3.63) is 23.5 Å². The lowest BCUT2D eigenvalue weighted by Gasteiger charge is -2.18. The Kier molecular flexibility index (Phi) is 4.30. The second-order valence-corrected chi connectivity index (χ2v) is 4.46. The van der Waals surface area contributed by atoms with Crippen molar-refractivity contribution in [3.8, 4) is 6.07 Å². The summed E-state index contributed by atoms with van der Waals surface area (Å²) < 4.78 is 1.76. The minimum absolute atomic E-state index is 0.145. The van der Waals surface area contributed by atoms with Gasteiger partial charge in [0.15, 0.2) is 0 Å². The number of nitriles is 1. The molecule has 0 saturated heterocycles. The fourth-order valence-electron chi connectivity index (χ4n) is 1.73. The van der Waals surface area contributed by atoms with Gasteiger partial charge in [-0.1, -0.05) is 13.8 Å². The van der Waals surface area contributed by atoms with E-state index in [0.29, 0.717) is 12.2 Å². The minimum atomic E-state index is -0.351. The Balaban J connectivity index is 2.66. The van der Waals surface area contributed by atoms with Crippen LogP contribution in [0.1, 0.15) is 25.1 Å². The van der Waals surface area contributed by atoms with Gasteiger partial charge in [-0.15, -0.1) is 0 Å². The Labute approximate surface area is 101 Å². The van der Waals surface area contributed by atoms with Crippen molar-refractivity contribution in [2.24, 2.45) is 18.7 Å². The summed E-state index contributed by atoms with van der Waals surface area (Å²) in [5.41, 5.74) is 6.87. The molecule has 5 heteroatoms. The average molecular weight is 234 g/mol. The van der Waals surface area contributed by atoms with E-state index in [2.05, 4.69) is 11.4 Å². The largest absolute Gasteiger partial charge is 0.368 e. The molecule has 5 nitrogen and oxygen atoms in total. The first-order valence-electron chi connectivity index (χ1n) is 5.53. The second kappa shape index (κ2) is 5.51. The predicted molar refractivity (Wildman–Crippen MR) is 64.8 cm³/mol. The van der Waals surface area contributed by atoms with E-state index < -0.39 is 0 Å². The molecule has 0 aliphatic carbocycles. The predicted octanol–water partition coefficient (Wildman–Crippen LogP) is 0.496. The maximum absolute atomic E-state index is 11.2. The Hall–Kier alpha value is -1.80. The average Bonchev–Trinajstić information content (AvgIpc) is 2.58. The van der Waals surface area contributed by atoms with Gasteiger partial charge in [-0.3, -0.25) is 4.79 Å². The van der Waals surface area contributed by atoms with Gasteiger partial charge in [-0.25, -0.2) is 0 Å². The van der Waals surface area contributed by atoms with E-state index in [0.717, 1.165) is 5.56 Å². The SMILES string of the molecule is CC(C)C(NCc1cc(C#N)n(C)c1)C(N)=O. The van der Waals surface area contributed by atoms with E-state index in [-0.39, 0.29) is 17.9 Å². The topological polar surface area (TPSA) is 83.8 Å². The highest BCUT2D eigenvalue weighted by atomic mass is 16.1. The molecule has 1 atom stereocenters. The second-order valence-electron chi connectivity index (χ2n) is 4.46. The minimum Gasteiger partial charge on any atom is -0.368 e. The van der Waals surface area contributed by atoms with Crippen molar-refractivity contribution >= 4 is 5.91 Å². The van der Waals surface area contributed by atoms with Crippen LogP contribution in [-0.4, -0.2) is 16.5 Å². The van der Waals surface area contributed by atoms with Gasteiger partial charge in [0.05, 0.1) is 6.04 Å². The number of nitrogens with one attached hydrogen (secondary N) is 1. The first-order valence-corrected chi connectivity index (χ1v) is 5.53. The van der Waals surface area contributed by atoms with Crippen molar-refractivity contribution in [3.63, 3.8) is 0 Å². The number of carbonyl (C=O) groups is 1. The van der Waals surface area contributed by atoms with Gasteiger partial charge in [0.1, 0.15) is 11.8 Å². The molecular formula is C12H18N4O. The zero-order valence-corrected chi connectivity index (χ0v) is 10.4. The molecule has 1 rings (SSSR count). The lowest BCUT2D eigenvalue weighted by molar-refractivity contribution is -0.121. The number of aryl methyl sites for hydroxylation is 1. The molecule has 0 aromatic carbocycles. The molecule has 0 aliphatic rings. The Morgan fingerprint density at radius 3 is 2.71 bits per heavy atom. The molecule has 92 valence electrons. The van der Waals surface area contributed by atoms with E-state index in [1.165, 1.54) is 0 Å². The summed E-state index contributed by atoms with van der Waals surface area (Å²) in [5.74, 6) is -0.205. The number of aromatic nitrogens is 1. The van der Waals surface area contributed by atoms with Crippen molar-refractivity contribution in [1.82, 2.24) is 9.88 Å². The number of nitrogens with zero attached hydrogens (tertiary/aromatic N) is 2. The molecule has 3 N–H and O–H groups in total. The van der Waals surface area contributed by atoms with E-state index in [1.54, 1.807) is 10.6 Å². The summed E-state index contributed by atoms with van der Waals surface area (Å²) in [5, 5.41) is 11.9. The summed E-state index contributed by atoms with van der Waals surface area (Å²) in [6, 6.07) is 3.54. The highest BCUT2D eigenvalue weighted by Gasteiger charge is 2.18. The van der Waals surface area contributed by atoms with E-state index >= 15 is 0 Å². The van der Waals surface area contributed by atoms with Crippen LogP contribution in [0.15, 0.2) is 12.3 Å². The number of hydrogen-bond acceptors (Lipinski definition) is 3. The van der Waals surface area contributed by atoms with Gasteiger partial charge in [-0.05, 0) is 17.5 Å². The fraction of sp³-hybridized carbons (Fsp3) is 0.500. The first-order chi connectivity index (χ1) is 7.95. The molecular weight excluding hydrogens is 216 g/mol. The summed E-state index contributed by atoms with van der Waals surface area (Å²) in [7, 11) is 1.82. The lowest BCUT2D eigenvalue weighted by atomic mass is 10.0. The molecule has 0 bridgehead atoms. The van der Waals surface area contributed by atoms with Gasteiger partial charge >= 0.3 is 0 Å². The smallest absolute Gasteiger partial charge is 0.234 e. The van der Waals surface area contributed by atoms with Crippen LogP contribution < -0.4 is 11.1 Å². The zero-order valence-electron chi connectivity index (χ0n) is 10.4. The van der Waals surface area contributed by atoms with Crippen LogP contribution in [0, 0.1) is 17.2 Å². The van der Waals surface area contributed by atoms with E-state index in [1.807, 2.05) is 27.1 Å². The molecule has 17 heavy (non-hydrogen) atoms. The number of amides is 1. The summed E-state index contributed by atoms with van der Waals surface area (Å²) >= 11 is 0. The molecule has 1 aromatic heterocycles. The number of primary amides is 1. The Bertz CT molecular complexity index is 442. The van der Waals surface area contributed by atoms with E-state index in [4.69, 9.17) is 11.0 Å². The Morgan fingerprint density at radius 2 is 2.29 bits per heavy atom. The fourth-order valence-corrected chi connectivity index (χ4v) is 1.73. The third-order valence-electron chi connectivity index (χ3n) is 2.68. The van der Waals surface area contributed by atoms with Crippen LogP contribution in [-0.2, 0) is 18.4 Å². The first kappa shape index (κ1) is 13.3. The molecule has 1 heterocycles. The third-order valence-corrected chi connectivity index (χ3v) is 2.68. The normalized spacial score (nSPS) is 12.4. The van der Waals surface area contributed by atoms with Gasteiger partial charge in [0.25, 0.3) is 0 Å². The standard InChI is InChI=1S/C12H18N4O/c1-8(2)11(12(14)17)15-6-9-4-10(5-13)16(3)7-9/h4,7-8,11,15H,6H2,1-3H3,(H2,14,17). The number of rotatable bonds is 5. The maximum Gasteiger partial charge on any atom is 0.234 e. The molecule has 1 amide bonds. The van der Waals surface area contributed by atoms with Gasteiger partial charge in [-0.2, -0.15) is 5.26 Å². The summed E-state index contributed by atoms with van der Waals surface area (Å²) in [6.45, 7) is 4.41. The van der Waals surface area contributed by atoms with Crippen molar-refractivity contribution in [2.75, 3.05) is 0 Å². The third kappa shape index (κ3) is 3.33. The molecule has 0 radical (unpaired) electrons. The Morgan fingerprint density at radius 1 is 1.65 bits per heavy atom. The molecule has 0 fully saturated rings. The zero-order chi connectivity index (χ0) is 13.0. The van der Waals surface area contributed by atoms with Crippen molar-refractivity contribution in [1.29, 1.82) is 5.26 Å². The van der Waals surface area contributed by atoms with Crippen LogP contribution in [0.2, 0.25) is 0 Å². The maximum atomic E-state index is 11.2. The molecule has 0 aliphatic heterocycles. The van der Waals surface area contributed by atoms with Gasteiger partial charge in [0, 0.05) is 19.8 Å². The van der Waals surface area contributed by atoms with Gasteiger partial charge < -0.3 is 15.6 Å². The van der Waals surface area contributed by atoms with Crippen molar-refractivity contribution < 1.29 is 4.79 Å². The van der Waals surface area contributed by atoms with Crippen LogP contribution >= 0.6 is 0 Å². The van der Waals surface area contributed by atoms with Gasteiger partial charge in [0.2, 0.25) is 5.91 Å². The van der Waals surface area contributed by atoms with Crippen LogP contribution in [0.3, 0.4) is 0 Å². The number of carbonyl (C=O) groups excluding carboxylic acids is 1. The summed E-state index contributed by atoms with van der Waals surface area (Å²) in [4.78, 5) is 11.2. The molecule has 1 aromatic rings. The molecule has 1 unspecified atom stereocenters. The number of hydrogen-bond donors (Lipinski definition) is 2. The quantitative estimate of drug-likeness (QED) is 0.778. The summed E-state index contributed by atoms with van der Waals surface area (Å²) in [6.07, 6.45) is 1.87. The van der Waals surface area contributed by atoms with Crippen LogP contribution in [0.5, 0.6) is 0 Å². The van der Waals surface area contributed by atoms with E-state index in [9.17, 15) is 4.79 Å². The van der Waals surface area contributed by atoms with Crippen LogP contribution in [0.25, 0.3) is 0 Å². The number of nitrogens with two attached hydrogens (primary N) is 1. The molecule has 0 saturated carbocycles. The monoisotopic (exact) mass is 234 g/mol.